The van der Waals surface area contributed by atoms with Gasteiger partial charge in [0.25, 0.3) is 0 Å². The van der Waals surface area contributed by atoms with E-state index in [1.807, 2.05) is 24.5 Å². The Hall–Kier alpha value is -2.49. The zero-order valence-electron chi connectivity index (χ0n) is 14.4. The second kappa shape index (κ2) is 4.76. The third-order valence-electron chi connectivity index (χ3n) is 5.53. The summed E-state index contributed by atoms with van der Waals surface area (Å²) in [6.45, 7) is 7.90. The van der Waals surface area contributed by atoms with Crippen molar-refractivity contribution in [3.8, 4) is 0 Å². The number of carbonyl (C=O) groups is 1. The zero-order valence-corrected chi connectivity index (χ0v) is 14.4. The molecule has 1 aliphatic carbocycles. The minimum absolute atomic E-state index is 0.00359. The van der Waals surface area contributed by atoms with Crippen molar-refractivity contribution < 1.29 is 4.79 Å². The maximum absolute atomic E-state index is 12.0. The highest BCUT2D eigenvalue weighted by molar-refractivity contribution is 5.95. The Labute approximate surface area is 142 Å². The number of nitrogens with one attached hydrogen (secondary N) is 1. The predicted molar refractivity (Wildman–Crippen MR) is 94.2 cm³/mol. The fourth-order valence-corrected chi connectivity index (χ4v) is 4.72. The van der Waals surface area contributed by atoms with Crippen LogP contribution in [-0.4, -0.2) is 16.6 Å². The zero-order chi connectivity index (χ0) is 17.1. The Kier molecular flexibility index (Phi) is 2.99. The molecule has 1 amide bonds. The van der Waals surface area contributed by atoms with Gasteiger partial charge in [-0.25, -0.2) is 0 Å². The fourth-order valence-electron chi connectivity index (χ4n) is 4.72. The van der Waals surface area contributed by atoms with E-state index in [2.05, 4.69) is 49.3 Å². The molecular weight excluding hydrogens is 298 g/mol. The molecule has 2 aromatic rings. The molecule has 4 heteroatoms. The van der Waals surface area contributed by atoms with Crippen molar-refractivity contribution in [2.24, 2.45) is 4.99 Å². The lowest BCUT2D eigenvalue weighted by Gasteiger charge is -2.39. The number of nitrogens with zero attached hydrogens (tertiary/aromatic N) is 2. The molecule has 122 valence electrons. The summed E-state index contributed by atoms with van der Waals surface area (Å²) in [5.41, 5.74) is 4.62. The maximum atomic E-state index is 12.0. The molecule has 1 aromatic carbocycles. The first kappa shape index (κ1) is 15.1. The van der Waals surface area contributed by atoms with Gasteiger partial charge < -0.3 is 5.32 Å². The predicted octanol–water partition coefficient (Wildman–Crippen LogP) is 3.27. The van der Waals surface area contributed by atoms with E-state index in [4.69, 9.17) is 4.99 Å². The summed E-state index contributed by atoms with van der Waals surface area (Å²) >= 11 is 0. The smallest absolute Gasteiger partial charge is 0.217 e. The summed E-state index contributed by atoms with van der Waals surface area (Å²) in [5, 5.41) is 3.23. The first-order valence-corrected chi connectivity index (χ1v) is 8.27. The number of rotatable bonds is 1. The Morgan fingerprint density at radius 3 is 2.54 bits per heavy atom. The Morgan fingerprint density at radius 1 is 1.12 bits per heavy atom. The molecule has 1 aromatic heterocycles. The normalized spacial score (nSPS) is 30.0. The average Bonchev–Trinajstić information content (AvgIpc) is 2.64. The molecule has 3 aliphatic rings. The summed E-state index contributed by atoms with van der Waals surface area (Å²) in [6, 6.07) is 10.4. The van der Waals surface area contributed by atoms with Crippen molar-refractivity contribution in [2.75, 3.05) is 0 Å². The van der Waals surface area contributed by atoms with Crippen LogP contribution in [0.4, 0.5) is 0 Å². The van der Waals surface area contributed by atoms with Crippen molar-refractivity contribution in [3.05, 3.63) is 65.0 Å². The Bertz CT molecular complexity index is 888. The number of amides is 1. The first-order chi connectivity index (χ1) is 11.4. The molecule has 0 saturated carbocycles. The lowest BCUT2D eigenvalue weighted by molar-refractivity contribution is -0.120. The van der Waals surface area contributed by atoms with E-state index in [1.165, 1.54) is 5.56 Å². The van der Waals surface area contributed by atoms with E-state index < -0.39 is 11.1 Å². The molecule has 2 bridgehead atoms. The highest BCUT2D eigenvalue weighted by Crippen LogP contribution is 2.54. The summed E-state index contributed by atoms with van der Waals surface area (Å²) in [4.78, 5) is 21.5. The van der Waals surface area contributed by atoms with Crippen molar-refractivity contribution in [1.29, 1.82) is 0 Å². The van der Waals surface area contributed by atoms with Gasteiger partial charge in [-0.2, -0.15) is 0 Å². The minimum Gasteiger partial charge on any atom is -0.346 e. The van der Waals surface area contributed by atoms with Crippen LogP contribution in [0.1, 0.15) is 55.9 Å². The standard InChI is InChI=1S/C20H21N3O/c1-12-18-14-9-10-21-11-17(14)19(3,22-12)15-7-5-6-8-16(15)20(18,4)23-13(2)24/h5-11,18H,1-4H3,(H,23,24)/t18-,19-,20-/m0/s1. The number of aliphatic imine (C=N–C) groups is 1. The van der Waals surface area contributed by atoms with Gasteiger partial charge >= 0.3 is 0 Å². The highest BCUT2D eigenvalue weighted by atomic mass is 16.1. The molecule has 3 atom stereocenters. The second-order valence-electron chi connectivity index (χ2n) is 7.15. The first-order valence-electron chi connectivity index (χ1n) is 8.27. The van der Waals surface area contributed by atoms with Gasteiger partial charge in [-0.1, -0.05) is 24.3 Å². The number of benzene rings is 1. The van der Waals surface area contributed by atoms with Gasteiger partial charge in [0.05, 0.1) is 5.54 Å². The molecule has 1 N–H and O–H groups in total. The van der Waals surface area contributed by atoms with Crippen LogP contribution in [0.3, 0.4) is 0 Å². The molecule has 0 unspecified atom stereocenters. The molecule has 24 heavy (non-hydrogen) atoms. The molecule has 0 radical (unpaired) electrons. The molecule has 3 heterocycles. The monoisotopic (exact) mass is 319 g/mol. The molecule has 5 rings (SSSR count). The third kappa shape index (κ3) is 1.77. The third-order valence-corrected chi connectivity index (χ3v) is 5.53. The topological polar surface area (TPSA) is 54.4 Å². The minimum atomic E-state index is -0.541. The van der Waals surface area contributed by atoms with Gasteiger partial charge in [0.2, 0.25) is 5.91 Å². The van der Waals surface area contributed by atoms with Gasteiger partial charge in [-0.15, -0.1) is 0 Å². The van der Waals surface area contributed by atoms with Crippen LogP contribution in [0.25, 0.3) is 0 Å². The number of hydrogen-bond donors (Lipinski definition) is 1. The number of pyridine rings is 1. The molecular formula is C20H21N3O. The van der Waals surface area contributed by atoms with E-state index in [1.54, 1.807) is 6.92 Å². The van der Waals surface area contributed by atoms with Crippen molar-refractivity contribution in [3.63, 3.8) is 0 Å². The molecule has 2 aliphatic heterocycles. The van der Waals surface area contributed by atoms with Gasteiger partial charge in [0.15, 0.2) is 0 Å². The molecule has 0 saturated heterocycles. The molecule has 0 fully saturated rings. The van der Waals surface area contributed by atoms with E-state index in [-0.39, 0.29) is 11.8 Å². The van der Waals surface area contributed by atoms with E-state index in [0.29, 0.717) is 0 Å². The number of hydrogen-bond acceptors (Lipinski definition) is 3. The highest BCUT2D eigenvalue weighted by Gasteiger charge is 2.52. The van der Waals surface area contributed by atoms with Gasteiger partial charge in [-0.3, -0.25) is 14.8 Å². The van der Waals surface area contributed by atoms with Crippen LogP contribution in [0.5, 0.6) is 0 Å². The molecule has 4 nitrogen and oxygen atoms in total. The van der Waals surface area contributed by atoms with Crippen molar-refractivity contribution in [1.82, 2.24) is 10.3 Å². The number of carbonyl (C=O) groups excluding carboxylic acids is 1. The van der Waals surface area contributed by atoms with Crippen molar-refractivity contribution in [2.45, 2.75) is 44.7 Å². The SMILES string of the molecule is CC(=O)N[C@@]1(C)c2ccccc2[C@]2(C)N=C(C)[C@H]1c1ccncc12. The average molecular weight is 319 g/mol. The lowest BCUT2D eigenvalue weighted by Crippen LogP contribution is -2.49. The van der Waals surface area contributed by atoms with Crippen LogP contribution in [0.15, 0.2) is 47.7 Å². The van der Waals surface area contributed by atoms with Crippen LogP contribution in [0, 0.1) is 0 Å². The molecule has 0 spiro atoms. The summed E-state index contributed by atoms with van der Waals surface area (Å²) in [5.74, 6) is -0.0395. The Balaban J connectivity index is 2.15. The van der Waals surface area contributed by atoms with Crippen LogP contribution < -0.4 is 5.32 Å². The van der Waals surface area contributed by atoms with Crippen LogP contribution in [-0.2, 0) is 15.9 Å². The van der Waals surface area contributed by atoms with Gasteiger partial charge in [0, 0.05) is 36.5 Å². The van der Waals surface area contributed by atoms with Crippen LogP contribution in [0.2, 0.25) is 0 Å². The van der Waals surface area contributed by atoms with E-state index >= 15 is 0 Å². The summed E-state index contributed by atoms with van der Waals surface area (Å²) < 4.78 is 0. The fraction of sp³-hybridized carbons (Fsp3) is 0.350. The maximum Gasteiger partial charge on any atom is 0.217 e. The van der Waals surface area contributed by atoms with Crippen molar-refractivity contribution >= 4 is 11.6 Å². The van der Waals surface area contributed by atoms with Gasteiger partial charge in [0.1, 0.15) is 5.54 Å². The van der Waals surface area contributed by atoms with Gasteiger partial charge in [-0.05, 0) is 43.5 Å². The number of aromatic nitrogens is 1. The van der Waals surface area contributed by atoms with E-state index in [0.717, 1.165) is 22.4 Å². The largest absolute Gasteiger partial charge is 0.346 e. The summed E-state index contributed by atoms with van der Waals surface area (Å²) in [7, 11) is 0. The Morgan fingerprint density at radius 2 is 1.83 bits per heavy atom. The second-order valence-corrected chi connectivity index (χ2v) is 7.15. The van der Waals surface area contributed by atoms with Crippen LogP contribution >= 0.6 is 0 Å². The van der Waals surface area contributed by atoms with E-state index in [9.17, 15) is 4.79 Å². The summed E-state index contributed by atoms with van der Waals surface area (Å²) in [6.07, 6.45) is 3.75. The lowest BCUT2D eigenvalue weighted by atomic mass is 9.73. The quantitative estimate of drug-likeness (QED) is 0.877.